The summed E-state index contributed by atoms with van der Waals surface area (Å²) in [5, 5.41) is 9.54. The summed E-state index contributed by atoms with van der Waals surface area (Å²) in [5.41, 5.74) is 2.09. The molecule has 0 bridgehead atoms. The highest BCUT2D eigenvalue weighted by atomic mass is 16.3. The molecule has 0 saturated heterocycles. The van der Waals surface area contributed by atoms with E-state index in [1.54, 1.807) is 6.26 Å². The molecule has 0 aliphatic rings. The Bertz CT molecular complexity index is 450. The third-order valence-electron chi connectivity index (χ3n) is 2.04. The van der Waals surface area contributed by atoms with Crippen molar-refractivity contribution in [1.29, 1.82) is 5.26 Å². The molecule has 1 aromatic heterocycles. The fourth-order valence-electron chi connectivity index (χ4n) is 1.37. The average molecular weight is 171 g/mol. The maximum atomic E-state index is 8.43. The lowest BCUT2D eigenvalue weighted by Crippen LogP contribution is -1.81. The zero-order valence-electron chi connectivity index (χ0n) is 7.16. The highest BCUT2D eigenvalue weighted by molar-refractivity contribution is 5.77. The Labute approximate surface area is 76.4 Å². The van der Waals surface area contributed by atoms with Gasteiger partial charge in [0.25, 0.3) is 0 Å². The van der Waals surface area contributed by atoms with Crippen molar-refractivity contribution in [2.24, 2.45) is 0 Å². The van der Waals surface area contributed by atoms with Crippen LogP contribution in [0.4, 0.5) is 0 Å². The summed E-state index contributed by atoms with van der Waals surface area (Å²) in [6, 6.07) is 10.1. The molecule has 0 aliphatic carbocycles. The molecule has 2 rings (SSSR count). The zero-order valence-corrected chi connectivity index (χ0v) is 7.16. The van der Waals surface area contributed by atoms with Crippen LogP contribution in [0.5, 0.6) is 0 Å². The number of benzene rings is 1. The van der Waals surface area contributed by atoms with Gasteiger partial charge in [-0.2, -0.15) is 5.26 Å². The number of rotatable bonds is 2. The van der Waals surface area contributed by atoms with Crippen LogP contribution in [0, 0.1) is 11.3 Å². The number of fused-ring (bicyclic) bond motifs is 1. The number of aryl methyl sites for hydroxylation is 1. The van der Waals surface area contributed by atoms with Crippen LogP contribution in [0.1, 0.15) is 12.0 Å². The monoisotopic (exact) mass is 171 g/mol. The molecule has 0 radical (unpaired) electrons. The van der Waals surface area contributed by atoms with Crippen molar-refractivity contribution in [3.63, 3.8) is 0 Å². The smallest absolute Gasteiger partial charge is 0.133 e. The minimum absolute atomic E-state index is 0.573. The van der Waals surface area contributed by atoms with Crippen LogP contribution in [0.25, 0.3) is 11.0 Å². The van der Waals surface area contributed by atoms with E-state index < -0.39 is 0 Å². The van der Waals surface area contributed by atoms with E-state index in [1.807, 2.05) is 18.2 Å². The van der Waals surface area contributed by atoms with E-state index >= 15 is 0 Å². The predicted octanol–water partition coefficient (Wildman–Crippen LogP) is 2.89. The largest absolute Gasteiger partial charge is 0.464 e. The molecule has 64 valence electrons. The van der Waals surface area contributed by atoms with Crippen molar-refractivity contribution in [3.05, 3.63) is 36.1 Å². The molecule has 2 heteroatoms. The molecule has 0 spiro atoms. The van der Waals surface area contributed by atoms with Gasteiger partial charge >= 0.3 is 0 Å². The molecule has 0 aliphatic heterocycles. The van der Waals surface area contributed by atoms with Crippen molar-refractivity contribution in [2.75, 3.05) is 0 Å². The Morgan fingerprint density at radius 1 is 1.31 bits per heavy atom. The minimum Gasteiger partial charge on any atom is -0.464 e. The molecule has 0 N–H and O–H groups in total. The maximum Gasteiger partial charge on any atom is 0.133 e. The number of hydrogen-bond acceptors (Lipinski definition) is 2. The molecule has 0 fully saturated rings. The van der Waals surface area contributed by atoms with Crippen LogP contribution >= 0.6 is 0 Å². The van der Waals surface area contributed by atoms with Gasteiger partial charge in [0.15, 0.2) is 0 Å². The summed E-state index contributed by atoms with van der Waals surface area (Å²) in [6.45, 7) is 0. The highest BCUT2D eigenvalue weighted by Gasteiger charge is 1.97. The van der Waals surface area contributed by atoms with E-state index in [0.29, 0.717) is 6.42 Å². The Morgan fingerprint density at radius 3 is 3.08 bits per heavy atom. The van der Waals surface area contributed by atoms with Crippen molar-refractivity contribution in [2.45, 2.75) is 12.8 Å². The molecule has 13 heavy (non-hydrogen) atoms. The van der Waals surface area contributed by atoms with Gasteiger partial charge in [0.05, 0.1) is 12.3 Å². The first-order chi connectivity index (χ1) is 6.40. The first kappa shape index (κ1) is 7.88. The summed E-state index contributed by atoms with van der Waals surface area (Å²) in [4.78, 5) is 0. The van der Waals surface area contributed by atoms with Gasteiger partial charge in [-0.05, 0) is 30.2 Å². The second kappa shape index (κ2) is 3.32. The number of nitrogens with zero attached hydrogens (tertiary/aromatic N) is 1. The summed E-state index contributed by atoms with van der Waals surface area (Å²) in [6.07, 6.45) is 3.07. The highest BCUT2D eigenvalue weighted by Crippen LogP contribution is 2.17. The lowest BCUT2D eigenvalue weighted by atomic mass is 10.1. The van der Waals surface area contributed by atoms with Crippen LogP contribution < -0.4 is 0 Å². The van der Waals surface area contributed by atoms with E-state index in [2.05, 4.69) is 12.1 Å². The molecule has 0 saturated carbocycles. The van der Waals surface area contributed by atoms with Crippen LogP contribution in [-0.2, 0) is 6.42 Å². The molecule has 0 amide bonds. The van der Waals surface area contributed by atoms with E-state index in [-0.39, 0.29) is 0 Å². The maximum absolute atomic E-state index is 8.43. The second-order valence-electron chi connectivity index (χ2n) is 2.95. The number of nitriles is 1. The first-order valence-electron chi connectivity index (χ1n) is 4.23. The Balaban J connectivity index is 2.33. The third kappa shape index (κ3) is 1.54. The van der Waals surface area contributed by atoms with Gasteiger partial charge in [0.1, 0.15) is 5.58 Å². The number of furan rings is 1. The molecule has 0 atom stereocenters. The summed E-state index contributed by atoms with van der Waals surface area (Å²) < 4.78 is 5.21. The lowest BCUT2D eigenvalue weighted by molar-refractivity contribution is 0.616. The van der Waals surface area contributed by atoms with Crippen LogP contribution in [0.2, 0.25) is 0 Å². The van der Waals surface area contributed by atoms with E-state index in [4.69, 9.17) is 9.68 Å². The molecule has 0 unspecified atom stereocenters. The van der Waals surface area contributed by atoms with Gasteiger partial charge in [0, 0.05) is 11.8 Å². The minimum atomic E-state index is 0.573. The van der Waals surface area contributed by atoms with Gasteiger partial charge in [-0.3, -0.25) is 0 Å². The molecule has 1 aromatic carbocycles. The predicted molar refractivity (Wildman–Crippen MR) is 50.1 cm³/mol. The SMILES string of the molecule is N#CCCc1ccc2occc2c1. The summed E-state index contributed by atoms with van der Waals surface area (Å²) in [5.74, 6) is 0. The van der Waals surface area contributed by atoms with Crippen molar-refractivity contribution in [1.82, 2.24) is 0 Å². The zero-order chi connectivity index (χ0) is 9.10. The summed E-state index contributed by atoms with van der Waals surface area (Å²) in [7, 11) is 0. The van der Waals surface area contributed by atoms with E-state index in [1.165, 1.54) is 5.56 Å². The van der Waals surface area contributed by atoms with Gasteiger partial charge in [-0.15, -0.1) is 0 Å². The van der Waals surface area contributed by atoms with Crippen LogP contribution in [0.3, 0.4) is 0 Å². The van der Waals surface area contributed by atoms with Gasteiger partial charge in [-0.25, -0.2) is 0 Å². The average Bonchev–Trinajstić information content (AvgIpc) is 2.61. The Hall–Kier alpha value is -1.75. The molecular formula is C11H9NO. The van der Waals surface area contributed by atoms with Crippen LogP contribution in [-0.4, -0.2) is 0 Å². The topological polar surface area (TPSA) is 36.9 Å². The second-order valence-corrected chi connectivity index (χ2v) is 2.95. The van der Waals surface area contributed by atoms with Gasteiger partial charge in [0.2, 0.25) is 0 Å². The van der Waals surface area contributed by atoms with E-state index in [0.717, 1.165) is 17.4 Å². The quantitative estimate of drug-likeness (QED) is 0.696. The summed E-state index contributed by atoms with van der Waals surface area (Å²) >= 11 is 0. The fourth-order valence-corrected chi connectivity index (χ4v) is 1.37. The van der Waals surface area contributed by atoms with Crippen molar-refractivity contribution >= 4 is 11.0 Å². The van der Waals surface area contributed by atoms with Gasteiger partial charge < -0.3 is 4.42 Å². The van der Waals surface area contributed by atoms with Crippen molar-refractivity contribution < 1.29 is 4.42 Å². The molecule has 1 heterocycles. The van der Waals surface area contributed by atoms with Crippen molar-refractivity contribution in [3.8, 4) is 6.07 Å². The van der Waals surface area contributed by atoms with Crippen LogP contribution in [0.15, 0.2) is 34.9 Å². The van der Waals surface area contributed by atoms with E-state index in [9.17, 15) is 0 Å². The molecule has 2 aromatic rings. The van der Waals surface area contributed by atoms with Gasteiger partial charge in [-0.1, -0.05) is 6.07 Å². The standard InChI is InChI=1S/C11H9NO/c12-6-1-2-9-3-4-11-10(8-9)5-7-13-11/h3-5,7-8H,1-2H2. The Kier molecular flexibility index (Phi) is 2.01. The first-order valence-corrected chi connectivity index (χ1v) is 4.23. The Morgan fingerprint density at radius 2 is 2.23 bits per heavy atom. The normalized spacial score (nSPS) is 10.1. The lowest BCUT2D eigenvalue weighted by Gasteiger charge is -1.95. The number of hydrogen-bond donors (Lipinski definition) is 0. The fraction of sp³-hybridized carbons (Fsp3) is 0.182. The third-order valence-corrected chi connectivity index (χ3v) is 2.04. The molecule has 2 nitrogen and oxygen atoms in total. The molecular weight excluding hydrogens is 162 g/mol.